The number of nitrogens with two attached hydrogens (primary N) is 1. The van der Waals surface area contributed by atoms with E-state index in [1.54, 1.807) is 6.92 Å². The lowest BCUT2D eigenvalue weighted by Gasteiger charge is -2.07. The first-order valence-electron chi connectivity index (χ1n) is 5.07. The fraction of sp³-hybridized carbons (Fsp3) is 0.364. The normalized spacial score (nSPS) is 13.3. The van der Waals surface area contributed by atoms with Crippen molar-refractivity contribution in [2.75, 3.05) is 5.73 Å². The van der Waals surface area contributed by atoms with Crippen molar-refractivity contribution in [2.24, 2.45) is 0 Å². The SMILES string of the molecule is CCn1c([C@H](C)O)nc2cc(N)ccc21. The maximum Gasteiger partial charge on any atom is 0.138 e. The number of anilines is 1. The Bertz CT molecular complexity index is 488. The molecule has 0 aliphatic carbocycles. The molecule has 2 aromatic rings. The Kier molecular flexibility index (Phi) is 2.36. The number of rotatable bonds is 2. The Hall–Kier alpha value is -1.55. The third-order valence-electron chi connectivity index (χ3n) is 2.49. The highest BCUT2D eigenvalue weighted by Crippen LogP contribution is 2.22. The van der Waals surface area contributed by atoms with Crippen LogP contribution < -0.4 is 5.73 Å². The van der Waals surface area contributed by atoms with E-state index in [0.29, 0.717) is 11.5 Å². The van der Waals surface area contributed by atoms with Crippen LogP contribution in [0.4, 0.5) is 5.69 Å². The molecule has 0 unspecified atom stereocenters. The third-order valence-corrected chi connectivity index (χ3v) is 2.49. The Labute approximate surface area is 88.3 Å². The number of fused-ring (bicyclic) bond motifs is 1. The molecule has 3 N–H and O–H groups in total. The average Bonchev–Trinajstić information content (AvgIpc) is 2.55. The van der Waals surface area contributed by atoms with Gasteiger partial charge in [0.1, 0.15) is 11.9 Å². The van der Waals surface area contributed by atoms with Crippen LogP contribution in [-0.2, 0) is 6.54 Å². The first kappa shape index (κ1) is 9.98. The first-order chi connectivity index (χ1) is 7.13. The van der Waals surface area contributed by atoms with Crippen LogP contribution in [0.25, 0.3) is 11.0 Å². The maximum absolute atomic E-state index is 9.59. The summed E-state index contributed by atoms with van der Waals surface area (Å²) in [5, 5.41) is 9.59. The molecule has 0 aliphatic rings. The predicted octanol–water partition coefficient (Wildman–Crippen LogP) is 1.69. The highest BCUT2D eigenvalue weighted by Gasteiger charge is 2.13. The van der Waals surface area contributed by atoms with Gasteiger partial charge in [0.2, 0.25) is 0 Å². The molecule has 0 amide bonds. The van der Waals surface area contributed by atoms with Crippen LogP contribution in [0.5, 0.6) is 0 Å². The topological polar surface area (TPSA) is 64.1 Å². The lowest BCUT2D eigenvalue weighted by molar-refractivity contribution is 0.184. The number of nitrogens with zero attached hydrogens (tertiary/aromatic N) is 2. The van der Waals surface area contributed by atoms with Crippen molar-refractivity contribution in [1.82, 2.24) is 9.55 Å². The van der Waals surface area contributed by atoms with Crippen molar-refractivity contribution in [3.8, 4) is 0 Å². The van der Waals surface area contributed by atoms with Gasteiger partial charge in [-0.1, -0.05) is 0 Å². The minimum atomic E-state index is -0.557. The summed E-state index contributed by atoms with van der Waals surface area (Å²) in [5.41, 5.74) is 8.24. The number of aliphatic hydroxyl groups is 1. The summed E-state index contributed by atoms with van der Waals surface area (Å²) in [4.78, 5) is 4.38. The number of benzene rings is 1. The molecule has 0 saturated carbocycles. The summed E-state index contributed by atoms with van der Waals surface area (Å²) in [5.74, 6) is 0.693. The van der Waals surface area contributed by atoms with E-state index in [-0.39, 0.29) is 0 Å². The lowest BCUT2D eigenvalue weighted by atomic mass is 10.3. The minimum absolute atomic E-state index is 0.557. The highest BCUT2D eigenvalue weighted by molar-refractivity contribution is 5.79. The number of aliphatic hydroxyl groups excluding tert-OH is 1. The monoisotopic (exact) mass is 205 g/mol. The van der Waals surface area contributed by atoms with E-state index in [2.05, 4.69) is 4.98 Å². The fourth-order valence-electron chi connectivity index (χ4n) is 1.82. The van der Waals surface area contributed by atoms with Gasteiger partial charge >= 0.3 is 0 Å². The van der Waals surface area contributed by atoms with Crippen LogP contribution >= 0.6 is 0 Å². The number of hydrogen-bond acceptors (Lipinski definition) is 3. The van der Waals surface area contributed by atoms with Crippen LogP contribution in [0.2, 0.25) is 0 Å². The molecule has 4 heteroatoms. The summed E-state index contributed by atoms with van der Waals surface area (Å²) >= 11 is 0. The van der Waals surface area contributed by atoms with Crippen molar-refractivity contribution in [1.29, 1.82) is 0 Å². The van der Waals surface area contributed by atoms with Gasteiger partial charge in [-0.15, -0.1) is 0 Å². The molecule has 0 saturated heterocycles. The molecule has 4 nitrogen and oxygen atoms in total. The van der Waals surface area contributed by atoms with Gasteiger partial charge < -0.3 is 15.4 Å². The molecule has 1 heterocycles. The molecule has 0 aliphatic heterocycles. The van der Waals surface area contributed by atoms with Crippen molar-refractivity contribution in [2.45, 2.75) is 26.5 Å². The van der Waals surface area contributed by atoms with E-state index in [4.69, 9.17) is 5.73 Å². The molecule has 0 fully saturated rings. The van der Waals surface area contributed by atoms with Gasteiger partial charge in [-0.25, -0.2) is 4.98 Å². The summed E-state index contributed by atoms with van der Waals surface area (Å²) in [6.45, 7) is 4.54. The highest BCUT2D eigenvalue weighted by atomic mass is 16.3. The lowest BCUT2D eigenvalue weighted by Crippen LogP contribution is -2.04. The maximum atomic E-state index is 9.59. The van der Waals surface area contributed by atoms with Crippen molar-refractivity contribution >= 4 is 16.7 Å². The minimum Gasteiger partial charge on any atom is -0.399 e. The fourth-order valence-corrected chi connectivity index (χ4v) is 1.82. The Morgan fingerprint density at radius 3 is 2.87 bits per heavy atom. The molecule has 15 heavy (non-hydrogen) atoms. The number of hydrogen-bond donors (Lipinski definition) is 2. The van der Waals surface area contributed by atoms with E-state index >= 15 is 0 Å². The Morgan fingerprint density at radius 1 is 1.53 bits per heavy atom. The number of aromatic nitrogens is 2. The van der Waals surface area contributed by atoms with Crippen molar-refractivity contribution in [3.63, 3.8) is 0 Å². The van der Waals surface area contributed by atoms with Gasteiger partial charge in [-0.3, -0.25) is 0 Å². The van der Waals surface area contributed by atoms with Crippen LogP contribution in [0.15, 0.2) is 18.2 Å². The summed E-state index contributed by atoms with van der Waals surface area (Å²) in [6, 6.07) is 5.61. The Morgan fingerprint density at radius 2 is 2.27 bits per heavy atom. The molecule has 80 valence electrons. The van der Waals surface area contributed by atoms with E-state index in [0.717, 1.165) is 17.6 Å². The molecule has 0 radical (unpaired) electrons. The smallest absolute Gasteiger partial charge is 0.138 e. The summed E-state index contributed by atoms with van der Waals surface area (Å²) < 4.78 is 2.00. The molecule has 2 rings (SSSR count). The summed E-state index contributed by atoms with van der Waals surface area (Å²) in [7, 11) is 0. The summed E-state index contributed by atoms with van der Waals surface area (Å²) in [6.07, 6.45) is -0.557. The standard InChI is InChI=1S/C11H15N3O/c1-3-14-10-5-4-8(12)6-9(10)13-11(14)7(2)15/h4-7,15H,3,12H2,1-2H3/t7-/m0/s1. The van der Waals surface area contributed by atoms with E-state index in [1.165, 1.54) is 0 Å². The van der Waals surface area contributed by atoms with Crippen LogP contribution in [0, 0.1) is 0 Å². The van der Waals surface area contributed by atoms with E-state index in [1.807, 2.05) is 29.7 Å². The largest absolute Gasteiger partial charge is 0.399 e. The molecular weight excluding hydrogens is 190 g/mol. The zero-order chi connectivity index (χ0) is 11.0. The number of imidazole rings is 1. The quantitative estimate of drug-likeness (QED) is 0.733. The first-order valence-corrected chi connectivity index (χ1v) is 5.07. The molecule has 0 spiro atoms. The van der Waals surface area contributed by atoms with Crippen LogP contribution in [0.3, 0.4) is 0 Å². The second-order valence-electron chi connectivity index (χ2n) is 3.64. The van der Waals surface area contributed by atoms with Crippen LogP contribution in [0.1, 0.15) is 25.8 Å². The van der Waals surface area contributed by atoms with Gasteiger partial charge in [0.25, 0.3) is 0 Å². The zero-order valence-corrected chi connectivity index (χ0v) is 8.94. The van der Waals surface area contributed by atoms with Crippen LogP contribution in [-0.4, -0.2) is 14.7 Å². The number of nitrogen functional groups attached to an aromatic ring is 1. The van der Waals surface area contributed by atoms with Gasteiger partial charge in [-0.05, 0) is 32.0 Å². The van der Waals surface area contributed by atoms with Gasteiger partial charge in [0.15, 0.2) is 0 Å². The van der Waals surface area contributed by atoms with E-state index < -0.39 is 6.10 Å². The zero-order valence-electron chi connectivity index (χ0n) is 8.94. The molecule has 0 bridgehead atoms. The molecule has 1 atom stereocenters. The molecule has 1 aromatic heterocycles. The van der Waals surface area contributed by atoms with Gasteiger partial charge in [0, 0.05) is 12.2 Å². The van der Waals surface area contributed by atoms with Gasteiger partial charge in [0.05, 0.1) is 11.0 Å². The average molecular weight is 205 g/mol. The van der Waals surface area contributed by atoms with Crippen molar-refractivity contribution < 1.29 is 5.11 Å². The van der Waals surface area contributed by atoms with E-state index in [9.17, 15) is 5.11 Å². The number of aryl methyl sites for hydroxylation is 1. The van der Waals surface area contributed by atoms with Crippen molar-refractivity contribution in [3.05, 3.63) is 24.0 Å². The Balaban J connectivity index is 2.73. The van der Waals surface area contributed by atoms with Gasteiger partial charge in [-0.2, -0.15) is 0 Å². The third kappa shape index (κ3) is 1.57. The molecular formula is C11H15N3O. The molecule has 1 aromatic carbocycles. The predicted molar refractivity (Wildman–Crippen MR) is 60.5 cm³/mol. The second-order valence-corrected chi connectivity index (χ2v) is 3.64. The second kappa shape index (κ2) is 3.55.